The number of nitrogens with zero attached hydrogens (tertiary/aromatic N) is 1. The van der Waals surface area contributed by atoms with Crippen LogP contribution in [-0.2, 0) is 14.8 Å². The van der Waals surface area contributed by atoms with Gasteiger partial charge in [0.1, 0.15) is 5.82 Å². The number of nitrogens with one attached hydrogen (secondary N) is 2. The van der Waals surface area contributed by atoms with Crippen molar-refractivity contribution in [3.05, 3.63) is 60.0 Å². The Morgan fingerprint density at radius 3 is 2.52 bits per heavy atom. The van der Waals surface area contributed by atoms with Crippen molar-refractivity contribution >= 4 is 32.5 Å². The number of carbonyl (C=O) groups is 1. The summed E-state index contributed by atoms with van der Waals surface area (Å²) in [6.07, 6.45) is 1.72. The molecule has 1 aromatic heterocycles. The van der Waals surface area contributed by atoms with Crippen LogP contribution in [0.25, 0.3) is 10.9 Å². The molecule has 1 fully saturated rings. The summed E-state index contributed by atoms with van der Waals surface area (Å²) in [5.41, 5.74) is 0.606. The Morgan fingerprint density at radius 1 is 1.10 bits per heavy atom. The summed E-state index contributed by atoms with van der Waals surface area (Å²) in [4.78, 5) is 15.3. The van der Waals surface area contributed by atoms with E-state index in [1.807, 2.05) is 0 Å². The zero-order valence-corrected chi connectivity index (χ0v) is 15.8. The smallest absolute Gasteiger partial charge is 0.243 e. The number of anilines is 1. The van der Waals surface area contributed by atoms with Crippen molar-refractivity contribution in [1.29, 1.82) is 0 Å². The van der Waals surface area contributed by atoms with Crippen molar-refractivity contribution in [2.24, 2.45) is 5.92 Å². The molecule has 10 heteroatoms. The van der Waals surface area contributed by atoms with Crippen LogP contribution in [0.5, 0.6) is 0 Å². The van der Waals surface area contributed by atoms with Crippen molar-refractivity contribution in [1.82, 2.24) is 9.29 Å². The maximum Gasteiger partial charge on any atom is 0.243 e. The molecule has 0 radical (unpaired) electrons. The first-order chi connectivity index (χ1) is 13.8. The van der Waals surface area contributed by atoms with Crippen molar-refractivity contribution in [3.63, 3.8) is 0 Å². The molecule has 29 heavy (non-hydrogen) atoms. The van der Waals surface area contributed by atoms with E-state index in [0.717, 1.165) is 24.3 Å². The Morgan fingerprint density at radius 2 is 1.79 bits per heavy atom. The van der Waals surface area contributed by atoms with Gasteiger partial charge in [0.05, 0.1) is 22.0 Å². The topological polar surface area (TPSA) is 82.3 Å². The number of aromatic amines is 1. The minimum atomic E-state index is -3.84. The van der Waals surface area contributed by atoms with Gasteiger partial charge < -0.3 is 10.3 Å². The number of benzene rings is 2. The second-order valence-corrected chi connectivity index (χ2v) is 8.74. The van der Waals surface area contributed by atoms with Crippen LogP contribution in [0.2, 0.25) is 0 Å². The SMILES string of the molecule is O=C(Nc1c[nH]c2cc(F)c(F)cc12)C1CCN(S(=O)(=O)c2ccc(F)cc2)C1. The van der Waals surface area contributed by atoms with E-state index in [1.165, 1.54) is 22.6 Å². The summed E-state index contributed by atoms with van der Waals surface area (Å²) in [5.74, 6) is -3.62. The van der Waals surface area contributed by atoms with Gasteiger partial charge in [-0.3, -0.25) is 4.79 Å². The number of fused-ring (bicyclic) bond motifs is 1. The van der Waals surface area contributed by atoms with Crippen molar-refractivity contribution in [2.45, 2.75) is 11.3 Å². The van der Waals surface area contributed by atoms with E-state index in [-0.39, 0.29) is 23.7 Å². The fraction of sp³-hybridized carbons (Fsp3) is 0.211. The van der Waals surface area contributed by atoms with Gasteiger partial charge in [-0.05, 0) is 36.8 Å². The molecule has 0 aliphatic carbocycles. The second kappa shape index (κ2) is 7.20. The lowest BCUT2D eigenvalue weighted by atomic mass is 10.1. The van der Waals surface area contributed by atoms with E-state index in [2.05, 4.69) is 10.3 Å². The number of hydrogen-bond donors (Lipinski definition) is 2. The number of carbonyl (C=O) groups excluding carboxylic acids is 1. The molecule has 6 nitrogen and oxygen atoms in total. The Balaban J connectivity index is 1.49. The summed E-state index contributed by atoms with van der Waals surface area (Å²) < 4.78 is 66.4. The summed E-state index contributed by atoms with van der Waals surface area (Å²) in [5, 5.41) is 2.95. The molecule has 1 aliphatic rings. The van der Waals surface area contributed by atoms with Crippen LogP contribution in [0.1, 0.15) is 6.42 Å². The van der Waals surface area contributed by atoms with Gasteiger partial charge in [-0.1, -0.05) is 0 Å². The third-order valence-corrected chi connectivity index (χ3v) is 6.83. The van der Waals surface area contributed by atoms with Gasteiger partial charge in [0.2, 0.25) is 15.9 Å². The van der Waals surface area contributed by atoms with E-state index in [1.54, 1.807) is 0 Å². The van der Waals surface area contributed by atoms with Gasteiger partial charge in [0.25, 0.3) is 0 Å². The maximum absolute atomic E-state index is 13.5. The molecular formula is C19H16F3N3O3S. The number of H-pyrrole nitrogens is 1. The highest BCUT2D eigenvalue weighted by Crippen LogP contribution is 2.28. The molecule has 1 aliphatic heterocycles. The monoisotopic (exact) mass is 423 g/mol. The molecule has 0 bridgehead atoms. The molecule has 2 aromatic carbocycles. The van der Waals surface area contributed by atoms with Crippen LogP contribution in [0.15, 0.2) is 47.5 Å². The van der Waals surface area contributed by atoms with Gasteiger partial charge in [-0.25, -0.2) is 21.6 Å². The van der Waals surface area contributed by atoms with Crippen LogP contribution in [0.4, 0.5) is 18.9 Å². The van der Waals surface area contributed by atoms with Gasteiger partial charge in [-0.2, -0.15) is 4.31 Å². The van der Waals surface area contributed by atoms with Gasteiger partial charge >= 0.3 is 0 Å². The molecule has 1 saturated heterocycles. The fourth-order valence-corrected chi connectivity index (χ4v) is 4.87. The first-order valence-corrected chi connectivity index (χ1v) is 10.2. The number of halogens is 3. The standard InChI is InChI=1S/C19H16F3N3O3S/c20-12-1-3-13(4-2-12)29(27,28)25-6-5-11(10-25)19(26)24-18-9-23-17-8-16(22)15(21)7-14(17)18/h1-4,7-9,11,23H,5-6,10H2,(H,24,26). The maximum atomic E-state index is 13.5. The normalized spacial score (nSPS) is 17.7. The lowest BCUT2D eigenvalue weighted by Gasteiger charge is -2.16. The highest BCUT2D eigenvalue weighted by atomic mass is 32.2. The number of amides is 1. The van der Waals surface area contributed by atoms with Gasteiger partial charge in [0.15, 0.2) is 11.6 Å². The van der Waals surface area contributed by atoms with E-state index >= 15 is 0 Å². The number of sulfonamides is 1. The van der Waals surface area contributed by atoms with Gasteiger partial charge in [-0.15, -0.1) is 0 Å². The van der Waals surface area contributed by atoms with Crippen molar-refractivity contribution < 1.29 is 26.4 Å². The van der Waals surface area contributed by atoms with Crippen LogP contribution >= 0.6 is 0 Å². The second-order valence-electron chi connectivity index (χ2n) is 6.81. The minimum Gasteiger partial charge on any atom is -0.359 e. The first-order valence-electron chi connectivity index (χ1n) is 8.78. The highest BCUT2D eigenvalue weighted by Gasteiger charge is 2.36. The summed E-state index contributed by atoms with van der Waals surface area (Å²) >= 11 is 0. The summed E-state index contributed by atoms with van der Waals surface area (Å²) in [7, 11) is -3.84. The van der Waals surface area contributed by atoms with Crippen LogP contribution in [-0.4, -0.2) is 36.7 Å². The zero-order chi connectivity index (χ0) is 20.8. The van der Waals surface area contributed by atoms with E-state index < -0.39 is 39.3 Å². The molecule has 1 unspecified atom stereocenters. The third kappa shape index (κ3) is 3.60. The summed E-state index contributed by atoms with van der Waals surface area (Å²) in [6, 6.07) is 6.46. The molecule has 0 saturated carbocycles. The number of hydrogen-bond acceptors (Lipinski definition) is 3. The lowest BCUT2D eigenvalue weighted by molar-refractivity contribution is -0.119. The first kappa shape index (κ1) is 19.5. The Hall–Kier alpha value is -2.85. The van der Waals surface area contributed by atoms with E-state index in [4.69, 9.17) is 0 Å². The Labute approximate surface area is 164 Å². The predicted octanol–water partition coefficient (Wildman–Crippen LogP) is 3.23. The van der Waals surface area contributed by atoms with E-state index in [9.17, 15) is 26.4 Å². The average Bonchev–Trinajstić information content (AvgIpc) is 3.31. The molecular weight excluding hydrogens is 407 g/mol. The molecule has 1 atom stereocenters. The zero-order valence-electron chi connectivity index (χ0n) is 15.0. The molecule has 2 heterocycles. The van der Waals surface area contributed by atoms with Crippen LogP contribution in [0.3, 0.4) is 0 Å². The van der Waals surface area contributed by atoms with Crippen LogP contribution < -0.4 is 5.32 Å². The Bertz CT molecular complexity index is 1190. The molecule has 152 valence electrons. The highest BCUT2D eigenvalue weighted by molar-refractivity contribution is 7.89. The molecule has 4 rings (SSSR count). The van der Waals surface area contributed by atoms with Crippen molar-refractivity contribution in [2.75, 3.05) is 18.4 Å². The van der Waals surface area contributed by atoms with E-state index in [0.29, 0.717) is 17.3 Å². The predicted molar refractivity (Wildman–Crippen MR) is 100 cm³/mol. The molecule has 0 spiro atoms. The quantitative estimate of drug-likeness (QED) is 0.676. The number of rotatable bonds is 4. The molecule has 3 aromatic rings. The largest absolute Gasteiger partial charge is 0.359 e. The lowest BCUT2D eigenvalue weighted by Crippen LogP contribution is -2.31. The fourth-order valence-electron chi connectivity index (χ4n) is 3.37. The molecule has 1 amide bonds. The Kier molecular flexibility index (Phi) is 4.83. The third-order valence-electron chi connectivity index (χ3n) is 4.95. The molecule has 2 N–H and O–H groups in total. The average molecular weight is 423 g/mol. The van der Waals surface area contributed by atoms with Gasteiger partial charge in [0, 0.05) is 30.7 Å². The summed E-state index contributed by atoms with van der Waals surface area (Å²) in [6.45, 7) is 0.114. The number of aromatic nitrogens is 1. The van der Waals surface area contributed by atoms with Crippen molar-refractivity contribution in [3.8, 4) is 0 Å². The minimum absolute atomic E-state index is 0.0309. The van der Waals surface area contributed by atoms with Crippen LogP contribution in [0, 0.1) is 23.4 Å².